The van der Waals surface area contributed by atoms with Gasteiger partial charge in [0.15, 0.2) is 0 Å². The van der Waals surface area contributed by atoms with Crippen molar-refractivity contribution in [3.05, 3.63) is 60.7 Å². The Bertz CT molecular complexity index is 546. The molecule has 2 aromatic carbocycles. The van der Waals surface area contributed by atoms with Gasteiger partial charge in [-0.15, -0.1) is 0 Å². The smallest absolute Gasteiger partial charge is 0.388 e. The van der Waals surface area contributed by atoms with E-state index in [-0.39, 0.29) is 6.10 Å². The van der Waals surface area contributed by atoms with Crippen LogP contribution in [0.1, 0.15) is 52.9 Å². The highest BCUT2D eigenvalue weighted by molar-refractivity contribution is 6.92. The molecule has 0 radical (unpaired) electrons. The van der Waals surface area contributed by atoms with E-state index in [2.05, 4.69) is 81.4 Å². The average Bonchev–Trinajstić information content (AvgIpc) is 2.68. The first kappa shape index (κ1) is 19.9. The third-order valence-electron chi connectivity index (χ3n) is 4.51. The number of rotatable bonds is 11. The minimum Gasteiger partial charge on any atom is -0.388 e. The van der Waals surface area contributed by atoms with Crippen molar-refractivity contribution in [2.75, 3.05) is 6.61 Å². The lowest BCUT2D eigenvalue weighted by Crippen LogP contribution is -2.64. The third kappa shape index (κ3) is 5.27. The molecule has 0 aliphatic rings. The summed E-state index contributed by atoms with van der Waals surface area (Å²) in [6, 6.07) is 21.2. The van der Waals surface area contributed by atoms with Crippen LogP contribution in [0.25, 0.3) is 0 Å². The van der Waals surface area contributed by atoms with Gasteiger partial charge in [-0.25, -0.2) is 0 Å². The second-order valence-corrected chi connectivity index (χ2v) is 9.40. The Morgan fingerprint density at radius 1 is 0.800 bits per heavy atom. The van der Waals surface area contributed by atoms with Gasteiger partial charge in [0.2, 0.25) is 0 Å². The van der Waals surface area contributed by atoms with Crippen LogP contribution in [0.5, 0.6) is 0 Å². The molecule has 0 spiro atoms. The molecule has 0 amide bonds. The number of hydrogen-bond donors (Lipinski definition) is 0. The Morgan fingerprint density at radius 2 is 1.36 bits per heavy atom. The summed E-state index contributed by atoms with van der Waals surface area (Å²) in [6.45, 7) is 7.37. The zero-order valence-corrected chi connectivity index (χ0v) is 16.9. The van der Waals surface area contributed by atoms with E-state index in [1.54, 1.807) is 0 Å². The normalized spacial score (nSPS) is 12.9. The van der Waals surface area contributed by atoms with Gasteiger partial charge in [0.1, 0.15) is 0 Å². The molecule has 2 nitrogen and oxygen atoms in total. The minimum atomic E-state index is -2.71. The Balaban J connectivity index is 2.48. The van der Waals surface area contributed by atoms with Crippen LogP contribution in [-0.4, -0.2) is 21.3 Å². The van der Waals surface area contributed by atoms with E-state index in [0.717, 1.165) is 38.7 Å². The van der Waals surface area contributed by atoms with Crippen LogP contribution in [0.15, 0.2) is 60.7 Å². The van der Waals surface area contributed by atoms with E-state index in [4.69, 9.17) is 8.85 Å². The van der Waals surface area contributed by atoms with Gasteiger partial charge in [0.25, 0.3) is 0 Å². The molecule has 0 fully saturated rings. The molecule has 0 saturated carbocycles. The van der Waals surface area contributed by atoms with Gasteiger partial charge in [-0.2, -0.15) is 0 Å². The molecule has 136 valence electrons. The molecule has 0 bridgehead atoms. The lowest BCUT2D eigenvalue weighted by molar-refractivity contribution is 0.119. The molecule has 0 N–H and O–H groups in total. The Labute approximate surface area is 154 Å². The molecule has 3 heteroatoms. The standard InChI is InChI=1S/C22H32O2Si/c1-4-7-19-23-25(21-15-10-8-11-16-21,22-17-12-9-13-18-22)24-20(6-3)14-5-2/h8-13,15-18,20H,4-7,14,19H2,1-3H3. The zero-order valence-electron chi connectivity index (χ0n) is 15.9. The monoisotopic (exact) mass is 356 g/mol. The van der Waals surface area contributed by atoms with Crippen molar-refractivity contribution in [3.63, 3.8) is 0 Å². The fourth-order valence-corrected chi connectivity index (χ4v) is 6.54. The molecule has 0 aliphatic carbocycles. The van der Waals surface area contributed by atoms with E-state index >= 15 is 0 Å². The van der Waals surface area contributed by atoms with E-state index < -0.39 is 8.56 Å². The summed E-state index contributed by atoms with van der Waals surface area (Å²) in [5, 5.41) is 2.40. The summed E-state index contributed by atoms with van der Waals surface area (Å²) < 4.78 is 13.5. The predicted molar refractivity (Wildman–Crippen MR) is 109 cm³/mol. The van der Waals surface area contributed by atoms with Crippen molar-refractivity contribution >= 4 is 18.9 Å². The van der Waals surface area contributed by atoms with E-state index in [1.165, 1.54) is 10.4 Å². The largest absolute Gasteiger partial charge is 0.407 e. The quantitative estimate of drug-likeness (QED) is 0.431. The van der Waals surface area contributed by atoms with E-state index in [1.807, 2.05) is 0 Å². The summed E-state index contributed by atoms with van der Waals surface area (Å²) in [5.41, 5.74) is 0. The van der Waals surface area contributed by atoms with E-state index in [9.17, 15) is 0 Å². The van der Waals surface area contributed by atoms with Crippen LogP contribution in [0.4, 0.5) is 0 Å². The van der Waals surface area contributed by atoms with Crippen LogP contribution in [-0.2, 0) is 8.85 Å². The van der Waals surface area contributed by atoms with Crippen molar-refractivity contribution in [3.8, 4) is 0 Å². The second kappa shape index (κ2) is 10.5. The highest BCUT2D eigenvalue weighted by Gasteiger charge is 2.44. The van der Waals surface area contributed by atoms with Crippen molar-refractivity contribution < 1.29 is 8.85 Å². The molecule has 1 unspecified atom stereocenters. The Hall–Kier alpha value is -1.42. The van der Waals surface area contributed by atoms with Crippen molar-refractivity contribution in [2.24, 2.45) is 0 Å². The summed E-state index contributed by atoms with van der Waals surface area (Å²) in [5.74, 6) is 0. The van der Waals surface area contributed by atoms with Crippen LogP contribution in [0, 0.1) is 0 Å². The summed E-state index contributed by atoms with van der Waals surface area (Å²) in [7, 11) is -2.71. The van der Waals surface area contributed by atoms with Crippen LogP contribution in [0.2, 0.25) is 0 Å². The number of benzene rings is 2. The van der Waals surface area contributed by atoms with Crippen LogP contribution >= 0.6 is 0 Å². The van der Waals surface area contributed by atoms with Gasteiger partial charge in [0, 0.05) is 12.7 Å². The fourth-order valence-electron chi connectivity index (χ4n) is 3.08. The van der Waals surface area contributed by atoms with Gasteiger partial charge >= 0.3 is 8.56 Å². The highest BCUT2D eigenvalue weighted by Crippen LogP contribution is 2.18. The third-order valence-corrected chi connectivity index (χ3v) is 7.97. The van der Waals surface area contributed by atoms with E-state index in [0.29, 0.717) is 0 Å². The van der Waals surface area contributed by atoms with Crippen LogP contribution < -0.4 is 10.4 Å². The van der Waals surface area contributed by atoms with Gasteiger partial charge in [-0.3, -0.25) is 0 Å². The van der Waals surface area contributed by atoms with Crippen molar-refractivity contribution in [1.29, 1.82) is 0 Å². The van der Waals surface area contributed by atoms with Gasteiger partial charge in [0.05, 0.1) is 0 Å². The fraction of sp³-hybridized carbons (Fsp3) is 0.455. The molecule has 1 atom stereocenters. The lowest BCUT2D eigenvalue weighted by atomic mass is 10.2. The molecule has 0 saturated heterocycles. The predicted octanol–water partition coefficient (Wildman–Crippen LogP) is 4.66. The molecule has 0 aliphatic heterocycles. The van der Waals surface area contributed by atoms with Gasteiger partial charge in [-0.05, 0) is 29.6 Å². The first-order valence-electron chi connectivity index (χ1n) is 9.69. The maximum atomic E-state index is 6.86. The molecule has 2 aromatic rings. The summed E-state index contributed by atoms with van der Waals surface area (Å²) >= 11 is 0. The maximum absolute atomic E-state index is 6.86. The zero-order chi connectivity index (χ0) is 18.0. The van der Waals surface area contributed by atoms with Crippen LogP contribution in [0.3, 0.4) is 0 Å². The first-order valence-corrected chi connectivity index (χ1v) is 11.5. The molecular weight excluding hydrogens is 324 g/mol. The van der Waals surface area contributed by atoms with Gasteiger partial charge < -0.3 is 8.85 Å². The average molecular weight is 357 g/mol. The highest BCUT2D eigenvalue weighted by atomic mass is 28.4. The molecular formula is C22H32O2Si. The lowest BCUT2D eigenvalue weighted by Gasteiger charge is -2.35. The Kier molecular flexibility index (Phi) is 8.39. The second-order valence-electron chi connectivity index (χ2n) is 6.49. The minimum absolute atomic E-state index is 0.235. The number of unbranched alkanes of at least 4 members (excludes halogenated alkanes) is 1. The van der Waals surface area contributed by atoms with Gasteiger partial charge in [-0.1, -0.05) is 94.3 Å². The molecule has 25 heavy (non-hydrogen) atoms. The first-order chi connectivity index (χ1) is 12.3. The number of hydrogen-bond acceptors (Lipinski definition) is 2. The summed E-state index contributed by atoms with van der Waals surface area (Å²) in [4.78, 5) is 0. The summed E-state index contributed by atoms with van der Waals surface area (Å²) in [6.07, 6.45) is 5.63. The SMILES string of the molecule is CCCCO[Si](OC(CC)CCC)(c1ccccc1)c1ccccc1. The molecule has 0 aromatic heterocycles. The van der Waals surface area contributed by atoms with Crippen molar-refractivity contribution in [1.82, 2.24) is 0 Å². The molecule has 2 rings (SSSR count). The van der Waals surface area contributed by atoms with Crippen molar-refractivity contribution in [2.45, 2.75) is 59.0 Å². The topological polar surface area (TPSA) is 18.5 Å². The Morgan fingerprint density at radius 3 is 1.80 bits per heavy atom. The maximum Gasteiger partial charge on any atom is 0.407 e. The molecule has 0 heterocycles.